The first-order valence-corrected chi connectivity index (χ1v) is 12.3. The fraction of sp³-hybridized carbons (Fsp3) is 0.520. The summed E-state index contributed by atoms with van der Waals surface area (Å²) in [7, 11) is -4.37. The van der Waals surface area contributed by atoms with Gasteiger partial charge in [0.05, 0.1) is 0 Å². The summed E-state index contributed by atoms with van der Waals surface area (Å²) in [6.07, 6.45) is 5.38. The van der Waals surface area contributed by atoms with Crippen LogP contribution < -0.4 is 9.05 Å². The molecule has 30 heavy (non-hydrogen) atoms. The highest BCUT2D eigenvalue weighted by Crippen LogP contribution is 2.49. The van der Waals surface area contributed by atoms with Crippen molar-refractivity contribution in [3.8, 4) is 11.5 Å². The van der Waals surface area contributed by atoms with Gasteiger partial charge < -0.3 is 9.05 Å². The Hall–Kier alpha value is -1.77. The Balaban J connectivity index is 2.07. The monoisotopic (exact) mass is 430 g/mol. The van der Waals surface area contributed by atoms with Crippen molar-refractivity contribution in [2.75, 3.05) is 0 Å². The maximum Gasteiger partial charge on any atom is 0.584 e. The molecular formula is C25H35O4P. The molecule has 4 aliphatic heterocycles. The molecule has 164 valence electrons. The third-order valence-electron chi connectivity index (χ3n) is 5.56. The molecule has 0 fully saturated rings. The second kappa shape index (κ2) is 8.40. The number of phosphoric ester groups is 1. The Morgan fingerprint density at radius 2 is 1.13 bits per heavy atom. The zero-order valence-electron chi connectivity index (χ0n) is 19.1. The SMILES string of the molecule is CC(C)(C)c1cc2ccc1OP(=O)(O)Oc1ccc(cc1C(C)(C)C)CCCCC2. The number of rotatable bonds is 0. The molecule has 4 bridgehead atoms. The van der Waals surface area contributed by atoms with E-state index in [1.165, 1.54) is 11.1 Å². The molecule has 0 saturated heterocycles. The van der Waals surface area contributed by atoms with Gasteiger partial charge in [0.25, 0.3) is 0 Å². The van der Waals surface area contributed by atoms with E-state index < -0.39 is 7.82 Å². The van der Waals surface area contributed by atoms with Crippen molar-refractivity contribution < 1.29 is 18.5 Å². The number of aryl methyl sites for hydroxylation is 2. The maximum atomic E-state index is 13.0. The average molecular weight is 431 g/mol. The largest absolute Gasteiger partial charge is 0.584 e. The molecule has 4 heterocycles. The zero-order chi connectivity index (χ0) is 22.2. The minimum Gasteiger partial charge on any atom is -0.395 e. The van der Waals surface area contributed by atoms with Crippen LogP contribution in [0.5, 0.6) is 11.5 Å². The highest BCUT2D eigenvalue weighted by Gasteiger charge is 2.31. The highest BCUT2D eigenvalue weighted by atomic mass is 31.2. The number of hydrogen-bond donors (Lipinski definition) is 1. The number of phosphoric acid groups is 1. The normalized spacial score (nSPS) is 17.4. The topological polar surface area (TPSA) is 55.8 Å². The first kappa shape index (κ1) is 22.9. The van der Waals surface area contributed by atoms with Gasteiger partial charge >= 0.3 is 7.82 Å². The van der Waals surface area contributed by atoms with Gasteiger partial charge in [0, 0.05) is 11.1 Å². The molecule has 6 rings (SSSR count). The molecule has 0 atom stereocenters. The Kier molecular flexibility index (Phi) is 6.41. The van der Waals surface area contributed by atoms with Crippen molar-refractivity contribution in [1.82, 2.24) is 0 Å². The molecule has 5 heteroatoms. The van der Waals surface area contributed by atoms with Crippen LogP contribution >= 0.6 is 7.82 Å². The summed E-state index contributed by atoms with van der Waals surface area (Å²) in [5.41, 5.74) is 3.83. The van der Waals surface area contributed by atoms with E-state index in [1.54, 1.807) is 0 Å². The second-order valence-corrected chi connectivity index (χ2v) is 11.7. The van der Waals surface area contributed by atoms with Crippen molar-refractivity contribution in [1.29, 1.82) is 0 Å². The van der Waals surface area contributed by atoms with Gasteiger partial charge in [0.2, 0.25) is 0 Å². The Morgan fingerprint density at radius 3 is 1.50 bits per heavy atom. The molecule has 2 aromatic rings. The van der Waals surface area contributed by atoms with Crippen LogP contribution in [-0.4, -0.2) is 4.89 Å². The van der Waals surface area contributed by atoms with E-state index in [2.05, 4.69) is 53.7 Å². The molecule has 0 saturated carbocycles. The fourth-order valence-corrected chi connectivity index (χ4v) is 4.75. The summed E-state index contributed by atoms with van der Waals surface area (Å²) in [6.45, 7) is 12.5. The van der Waals surface area contributed by atoms with Crippen molar-refractivity contribution in [2.24, 2.45) is 0 Å². The third kappa shape index (κ3) is 5.68. The lowest BCUT2D eigenvalue weighted by molar-refractivity contribution is 0.286. The van der Waals surface area contributed by atoms with E-state index >= 15 is 0 Å². The van der Waals surface area contributed by atoms with Gasteiger partial charge in [-0.1, -0.05) is 72.2 Å². The van der Waals surface area contributed by atoms with Gasteiger partial charge in [0.15, 0.2) is 0 Å². The van der Waals surface area contributed by atoms with E-state index in [-0.39, 0.29) is 10.8 Å². The predicted molar refractivity (Wildman–Crippen MR) is 123 cm³/mol. The molecule has 0 aliphatic carbocycles. The maximum absolute atomic E-state index is 13.0. The summed E-state index contributed by atoms with van der Waals surface area (Å²) < 4.78 is 24.2. The van der Waals surface area contributed by atoms with Gasteiger partial charge in [-0.3, -0.25) is 4.89 Å². The molecule has 2 aromatic carbocycles. The van der Waals surface area contributed by atoms with Gasteiger partial charge in [-0.15, -0.1) is 0 Å². The van der Waals surface area contributed by atoms with Gasteiger partial charge in [-0.25, -0.2) is 4.57 Å². The second-order valence-electron chi connectivity index (χ2n) is 10.4. The van der Waals surface area contributed by atoms with Gasteiger partial charge in [-0.05, 0) is 59.8 Å². The minimum atomic E-state index is -4.37. The van der Waals surface area contributed by atoms with E-state index in [9.17, 15) is 9.46 Å². The van der Waals surface area contributed by atoms with Crippen LogP contribution in [0.15, 0.2) is 36.4 Å². The summed E-state index contributed by atoms with van der Waals surface area (Å²) >= 11 is 0. The molecule has 4 aliphatic rings. The van der Waals surface area contributed by atoms with E-state index in [1.807, 2.05) is 24.3 Å². The Bertz CT molecular complexity index is 877. The molecule has 0 aromatic heterocycles. The van der Waals surface area contributed by atoms with Crippen LogP contribution in [-0.2, 0) is 28.2 Å². The lowest BCUT2D eigenvalue weighted by Gasteiger charge is -2.27. The highest BCUT2D eigenvalue weighted by molar-refractivity contribution is 7.48. The summed E-state index contributed by atoms with van der Waals surface area (Å²) in [5.74, 6) is 0.802. The molecule has 0 spiro atoms. The molecule has 0 unspecified atom stereocenters. The van der Waals surface area contributed by atoms with Crippen LogP contribution in [0.2, 0.25) is 0 Å². The summed E-state index contributed by atoms with van der Waals surface area (Å²) in [6, 6.07) is 11.8. The Labute approximate surface area is 181 Å². The van der Waals surface area contributed by atoms with Crippen LogP contribution in [0.4, 0.5) is 0 Å². The lowest BCUT2D eigenvalue weighted by atomic mass is 9.84. The van der Waals surface area contributed by atoms with Gasteiger partial charge in [-0.2, -0.15) is 0 Å². The third-order valence-corrected chi connectivity index (χ3v) is 6.42. The molecular weight excluding hydrogens is 395 g/mol. The van der Waals surface area contributed by atoms with Gasteiger partial charge in [0.1, 0.15) is 11.5 Å². The van der Waals surface area contributed by atoms with Crippen LogP contribution in [0, 0.1) is 0 Å². The van der Waals surface area contributed by atoms with Crippen LogP contribution in [0.25, 0.3) is 0 Å². The van der Waals surface area contributed by atoms with Crippen molar-refractivity contribution >= 4 is 7.82 Å². The first-order valence-electron chi connectivity index (χ1n) is 10.8. The summed E-state index contributed by atoms with van der Waals surface area (Å²) in [5, 5.41) is 0. The van der Waals surface area contributed by atoms with Crippen molar-refractivity contribution in [3.05, 3.63) is 58.7 Å². The number of hydrogen-bond acceptors (Lipinski definition) is 3. The standard InChI is InChI=1S/C25H35O4P/c1-24(2,3)20-16-18-10-8-7-9-11-19-13-15-23(21(17-19)25(4,5)6)29-30(26,27)28-22(20)14-12-18/h12-17H,7-11H2,1-6H3,(H,26,27). The lowest BCUT2D eigenvalue weighted by Crippen LogP contribution is -2.16. The Morgan fingerprint density at radius 1 is 0.733 bits per heavy atom. The van der Waals surface area contributed by atoms with Crippen LogP contribution in [0.1, 0.15) is 83.1 Å². The van der Waals surface area contributed by atoms with E-state index in [4.69, 9.17) is 9.05 Å². The molecule has 0 amide bonds. The first-order chi connectivity index (χ1) is 13.9. The molecule has 0 radical (unpaired) electrons. The van der Waals surface area contributed by atoms with E-state index in [0.29, 0.717) is 11.5 Å². The van der Waals surface area contributed by atoms with E-state index in [0.717, 1.165) is 43.2 Å². The number of benzene rings is 2. The average Bonchev–Trinajstić information content (AvgIpc) is 2.60. The fourth-order valence-electron chi connectivity index (χ4n) is 3.90. The van der Waals surface area contributed by atoms with Crippen LogP contribution in [0.3, 0.4) is 0 Å². The molecule has 4 nitrogen and oxygen atoms in total. The summed E-state index contributed by atoms with van der Waals surface area (Å²) in [4.78, 5) is 10.6. The minimum absolute atomic E-state index is 0.227. The zero-order valence-corrected chi connectivity index (χ0v) is 20.0. The van der Waals surface area contributed by atoms with Crippen molar-refractivity contribution in [3.63, 3.8) is 0 Å². The smallest absolute Gasteiger partial charge is 0.395 e. The predicted octanol–water partition coefficient (Wildman–Crippen LogP) is 7.11. The quantitative estimate of drug-likeness (QED) is 0.453. The molecule has 1 N–H and O–H groups in total. The van der Waals surface area contributed by atoms with Crippen molar-refractivity contribution in [2.45, 2.75) is 84.5 Å².